The molecule has 0 amide bonds. The zero-order chi connectivity index (χ0) is 19.9. The van der Waals surface area contributed by atoms with Gasteiger partial charge < -0.3 is 9.84 Å². The summed E-state index contributed by atoms with van der Waals surface area (Å²) in [5.74, 6) is 0. The van der Waals surface area contributed by atoms with Crippen LogP contribution < -0.4 is 0 Å². The van der Waals surface area contributed by atoms with Gasteiger partial charge in [0.15, 0.2) is 5.60 Å². The number of benzene rings is 2. The summed E-state index contributed by atoms with van der Waals surface area (Å²) in [5, 5.41) is 11.9. The molecule has 0 heterocycles. The first-order valence-electron chi connectivity index (χ1n) is 9.19. The molecule has 1 aliphatic rings. The van der Waals surface area contributed by atoms with Crippen LogP contribution in [0.3, 0.4) is 0 Å². The minimum Gasteiger partial charge on any atom is -0.379 e. The molecule has 2 nitrogen and oxygen atoms in total. The summed E-state index contributed by atoms with van der Waals surface area (Å²) < 4.78 is 45.2. The van der Waals surface area contributed by atoms with Gasteiger partial charge in [0.05, 0.1) is 12.2 Å². The Morgan fingerprint density at radius 3 is 2.37 bits per heavy atom. The second-order valence-corrected chi connectivity index (χ2v) is 7.75. The number of rotatable bonds is 5. The number of halogens is 3. The molecule has 0 spiro atoms. The molecule has 1 unspecified atom stereocenters. The van der Waals surface area contributed by atoms with Crippen LogP contribution in [0.25, 0.3) is 16.3 Å². The third-order valence-electron chi connectivity index (χ3n) is 5.50. The van der Waals surface area contributed by atoms with Crippen LogP contribution in [0.2, 0.25) is 0 Å². The van der Waals surface area contributed by atoms with E-state index >= 15 is 0 Å². The first-order chi connectivity index (χ1) is 12.6. The largest absolute Gasteiger partial charge is 0.419 e. The summed E-state index contributed by atoms with van der Waals surface area (Å²) in [5.41, 5.74) is -1.08. The number of allylic oxidation sites excluding steroid dienone is 1. The minimum atomic E-state index is -4.74. The molecule has 1 saturated carbocycles. The van der Waals surface area contributed by atoms with E-state index < -0.39 is 24.0 Å². The smallest absolute Gasteiger partial charge is 0.379 e. The monoisotopic (exact) mass is 378 g/mol. The maximum absolute atomic E-state index is 13.1. The van der Waals surface area contributed by atoms with E-state index in [0.717, 1.165) is 47.2 Å². The fraction of sp³-hybridized carbons (Fsp3) is 0.455. The molecule has 146 valence electrons. The highest BCUT2D eigenvalue weighted by atomic mass is 19.4. The Bertz CT molecular complexity index is 846. The van der Waals surface area contributed by atoms with Gasteiger partial charge in [-0.05, 0) is 48.6 Å². The zero-order valence-corrected chi connectivity index (χ0v) is 15.7. The fourth-order valence-corrected chi connectivity index (χ4v) is 3.91. The molecule has 0 bridgehead atoms. The maximum Gasteiger partial charge on any atom is 0.419 e. The van der Waals surface area contributed by atoms with Gasteiger partial charge in [-0.2, -0.15) is 13.2 Å². The van der Waals surface area contributed by atoms with Gasteiger partial charge in [0.2, 0.25) is 0 Å². The van der Waals surface area contributed by atoms with E-state index in [4.69, 9.17) is 4.74 Å². The molecule has 0 saturated heterocycles. The van der Waals surface area contributed by atoms with Crippen LogP contribution in [0.1, 0.15) is 50.7 Å². The topological polar surface area (TPSA) is 29.5 Å². The van der Waals surface area contributed by atoms with Crippen molar-refractivity contribution in [2.75, 3.05) is 6.61 Å². The Balaban J connectivity index is 2.08. The number of fused-ring (bicyclic) bond motifs is 1. The summed E-state index contributed by atoms with van der Waals surface area (Å²) in [6.45, 7) is 5.97. The van der Waals surface area contributed by atoms with Gasteiger partial charge in [-0.3, -0.25) is 0 Å². The van der Waals surface area contributed by atoms with Crippen LogP contribution in [-0.2, 0) is 10.3 Å². The summed E-state index contributed by atoms with van der Waals surface area (Å²) in [4.78, 5) is 0. The Labute approximate surface area is 157 Å². The third-order valence-corrected chi connectivity index (χ3v) is 5.50. The van der Waals surface area contributed by atoms with Crippen molar-refractivity contribution >= 4 is 16.3 Å². The van der Waals surface area contributed by atoms with Crippen LogP contribution in [0.5, 0.6) is 0 Å². The Hall–Kier alpha value is -1.85. The molecule has 27 heavy (non-hydrogen) atoms. The Morgan fingerprint density at radius 2 is 1.78 bits per heavy atom. The summed E-state index contributed by atoms with van der Waals surface area (Å²) in [7, 11) is 0. The lowest BCUT2D eigenvalue weighted by molar-refractivity contribution is -0.278. The van der Waals surface area contributed by atoms with Crippen molar-refractivity contribution in [3.05, 3.63) is 54.1 Å². The summed E-state index contributed by atoms with van der Waals surface area (Å²) >= 11 is 0. The molecule has 1 fully saturated rings. The van der Waals surface area contributed by atoms with Crippen molar-refractivity contribution in [1.82, 2.24) is 0 Å². The number of hydrogen-bond acceptors (Lipinski definition) is 2. The van der Waals surface area contributed by atoms with Gasteiger partial charge in [-0.1, -0.05) is 61.4 Å². The predicted octanol–water partition coefficient (Wildman–Crippen LogP) is 5.97. The third kappa shape index (κ3) is 3.63. The lowest BCUT2D eigenvalue weighted by Crippen LogP contribution is -2.48. The number of alkyl halides is 3. The minimum absolute atomic E-state index is 0.625. The van der Waals surface area contributed by atoms with Gasteiger partial charge in [0.1, 0.15) is 0 Å². The molecule has 0 aromatic heterocycles. The highest BCUT2D eigenvalue weighted by Crippen LogP contribution is 2.47. The van der Waals surface area contributed by atoms with Gasteiger partial charge in [-0.25, -0.2) is 0 Å². The lowest BCUT2D eigenvalue weighted by Gasteiger charge is -2.36. The van der Waals surface area contributed by atoms with Crippen LogP contribution in [0.4, 0.5) is 13.2 Å². The summed E-state index contributed by atoms with van der Waals surface area (Å²) in [6, 6.07) is 11.8. The van der Waals surface area contributed by atoms with Crippen LogP contribution in [-0.4, -0.2) is 23.5 Å². The van der Waals surface area contributed by atoms with E-state index in [1.54, 1.807) is 0 Å². The van der Waals surface area contributed by atoms with Gasteiger partial charge in [0, 0.05) is 0 Å². The SMILES string of the molecule is C=C(C)c1c(C2(OCC(C)(O)C(F)(F)F)CCCC2)ccc2ccccc12. The van der Waals surface area contributed by atoms with Crippen molar-refractivity contribution in [2.45, 2.75) is 56.9 Å². The quantitative estimate of drug-likeness (QED) is 0.694. The van der Waals surface area contributed by atoms with E-state index in [1.807, 2.05) is 43.3 Å². The van der Waals surface area contributed by atoms with Gasteiger partial charge in [0.25, 0.3) is 0 Å². The Kier molecular flexibility index (Phi) is 5.12. The second kappa shape index (κ2) is 6.95. The molecular weight excluding hydrogens is 353 g/mol. The van der Waals surface area contributed by atoms with E-state index in [2.05, 4.69) is 6.58 Å². The van der Waals surface area contributed by atoms with E-state index in [9.17, 15) is 18.3 Å². The predicted molar refractivity (Wildman–Crippen MR) is 101 cm³/mol. The van der Waals surface area contributed by atoms with E-state index in [-0.39, 0.29) is 0 Å². The fourth-order valence-electron chi connectivity index (χ4n) is 3.91. The molecule has 1 N–H and O–H groups in total. The van der Waals surface area contributed by atoms with Crippen LogP contribution >= 0.6 is 0 Å². The second-order valence-electron chi connectivity index (χ2n) is 7.75. The number of aliphatic hydroxyl groups is 1. The van der Waals surface area contributed by atoms with Gasteiger partial charge in [-0.15, -0.1) is 0 Å². The average molecular weight is 378 g/mol. The molecule has 1 aliphatic carbocycles. The van der Waals surface area contributed by atoms with E-state index in [0.29, 0.717) is 12.8 Å². The average Bonchev–Trinajstić information content (AvgIpc) is 3.08. The lowest BCUT2D eigenvalue weighted by atomic mass is 9.83. The molecule has 5 heteroatoms. The Morgan fingerprint density at radius 1 is 1.15 bits per heavy atom. The zero-order valence-electron chi connectivity index (χ0n) is 15.7. The highest BCUT2D eigenvalue weighted by Gasteiger charge is 2.52. The standard InChI is InChI=1S/C22H25F3O2/c1-15(2)19-17-9-5-4-8-16(17)10-11-18(19)21(12-6-7-13-21)27-14-20(3,26)22(23,24)25/h4-5,8-11,26H,1,6-7,12-14H2,2-3H3. The number of hydrogen-bond donors (Lipinski definition) is 1. The molecule has 1 atom stereocenters. The molecular formula is C22H25F3O2. The number of ether oxygens (including phenoxy) is 1. The van der Waals surface area contributed by atoms with E-state index in [1.165, 1.54) is 0 Å². The van der Waals surface area contributed by atoms with Crippen molar-refractivity contribution in [3.8, 4) is 0 Å². The van der Waals surface area contributed by atoms with Crippen molar-refractivity contribution in [1.29, 1.82) is 0 Å². The molecule has 2 aromatic rings. The molecule has 3 rings (SSSR count). The van der Waals surface area contributed by atoms with Crippen molar-refractivity contribution in [2.24, 2.45) is 0 Å². The summed E-state index contributed by atoms with van der Waals surface area (Å²) in [6.07, 6.45) is -1.75. The molecule has 2 aromatic carbocycles. The maximum atomic E-state index is 13.1. The van der Waals surface area contributed by atoms with Crippen LogP contribution in [0, 0.1) is 0 Å². The first kappa shape index (κ1) is 19.9. The van der Waals surface area contributed by atoms with Crippen molar-refractivity contribution < 1.29 is 23.0 Å². The van der Waals surface area contributed by atoms with Gasteiger partial charge >= 0.3 is 6.18 Å². The molecule has 0 aliphatic heterocycles. The normalized spacial score (nSPS) is 19.2. The first-order valence-corrected chi connectivity index (χ1v) is 9.19. The van der Waals surface area contributed by atoms with Crippen LogP contribution in [0.15, 0.2) is 43.0 Å². The highest BCUT2D eigenvalue weighted by molar-refractivity contribution is 5.94. The molecule has 0 radical (unpaired) electrons. The van der Waals surface area contributed by atoms with Crippen molar-refractivity contribution in [3.63, 3.8) is 0 Å².